The van der Waals surface area contributed by atoms with Gasteiger partial charge < -0.3 is 5.32 Å². The van der Waals surface area contributed by atoms with Crippen molar-refractivity contribution < 1.29 is 13.2 Å². The monoisotopic (exact) mass is 285 g/mol. The molecule has 2 rings (SSSR count). The molecule has 0 radical (unpaired) electrons. The first-order chi connectivity index (χ1) is 9.43. The third-order valence-corrected chi connectivity index (χ3v) is 2.84. The Labute approximate surface area is 113 Å². The third-order valence-electron chi connectivity index (χ3n) is 2.84. The fourth-order valence-electron chi connectivity index (χ4n) is 1.80. The predicted molar refractivity (Wildman–Crippen MR) is 66.3 cm³/mol. The van der Waals surface area contributed by atoms with Gasteiger partial charge in [-0.1, -0.05) is 13.0 Å². The van der Waals surface area contributed by atoms with Gasteiger partial charge in [0, 0.05) is 0 Å². The minimum absolute atomic E-state index is 0.169. The van der Waals surface area contributed by atoms with E-state index in [-0.39, 0.29) is 5.56 Å². The summed E-state index contributed by atoms with van der Waals surface area (Å²) < 4.78 is 40.0. The standard InChI is InChI=1S/C12H14F3N5/c1-3-16-7-11-17-18-19-20(11)9-5-4-8(2)10(6-9)12(13,14)15/h4-6,16H,3,7H2,1-2H3. The number of benzene rings is 1. The fraction of sp³-hybridized carbons (Fsp3) is 0.417. The molecule has 0 unspecified atom stereocenters. The van der Waals surface area contributed by atoms with Crippen molar-refractivity contribution in [1.82, 2.24) is 25.5 Å². The molecule has 108 valence electrons. The lowest BCUT2D eigenvalue weighted by atomic mass is 10.1. The van der Waals surface area contributed by atoms with Gasteiger partial charge in [0.25, 0.3) is 0 Å². The van der Waals surface area contributed by atoms with Crippen LogP contribution < -0.4 is 5.32 Å². The lowest BCUT2D eigenvalue weighted by Crippen LogP contribution is -2.17. The molecule has 0 saturated carbocycles. The Morgan fingerprint density at radius 1 is 1.30 bits per heavy atom. The van der Waals surface area contributed by atoms with Crippen molar-refractivity contribution in [3.63, 3.8) is 0 Å². The number of rotatable bonds is 4. The van der Waals surface area contributed by atoms with Crippen LogP contribution in [0.25, 0.3) is 5.69 Å². The van der Waals surface area contributed by atoms with Crippen LogP contribution in [0.2, 0.25) is 0 Å². The SMILES string of the molecule is CCNCc1nnnn1-c1ccc(C)c(C(F)(F)F)c1. The summed E-state index contributed by atoms with van der Waals surface area (Å²) in [6.45, 7) is 4.45. The summed E-state index contributed by atoms with van der Waals surface area (Å²) in [7, 11) is 0. The van der Waals surface area contributed by atoms with E-state index in [0.717, 1.165) is 6.07 Å². The molecule has 0 atom stereocenters. The van der Waals surface area contributed by atoms with Gasteiger partial charge in [0.2, 0.25) is 0 Å². The van der Waals surface area contributed by atoms with Gasteiger partial charge in [-0.15, -0.1) is 5.10 Å². The summed E-state index contributed by atoms with van der Waals surface area (Å²) in [4.78, 5) is 0. The molecule has 1 aromatic carbocycles. The summed E-state index contributed by atoms with van der Waals surface area (Å²) in [6, 6.07) is 4.04. The van der Waals surface area contributed by atoms with Crippen molar-refractivity contribution >= 4 is 0 Å². The Bertz CT molecular complexity index is 591. The van der Waals surface area contributed by atoms with E-state index in [1.165, 1.54) is 17.7 Å². The largest absolute Gasteiger partial charge is 0.416 e. The van der Waals surface area contributed by atoms with E-state index in [0.29, 0.717) is 24.6 Å². The molecule has 8 heteroatoms. The lowest BCUT2D eigenvalue weighted by molar-refractivity contribution is -0.138. The molecule has 2 aromatic rings. The number of hydrogen-bond acceptors (Lipinski definition) is 4. The Kier molecular flexibility index (Phi) is 4.03. The van der Waals surface area contributed by atoms with Crippen LogP contribution in [0, 0.1) is 6.92 Å². The zero-order chi connectivity index (χ0) is 14.8. The summed E-state index contributed by atoms with van der Waals surface area (Å²) in [5.74, 6) is 0.462. The van der Waals surface area contributed by atoms with Gasteiger partial charge in [-0.25, -0.2) is 0 Å². The Morgan fingerprint density at radius 2 is 2.05 bits per heavy atom. The molecular weight excluding hydrogens is 271 g/mol. The highest BCUT2D eigenvalue weighted by molar-refractivity contribution is 5.41. The molecule has 0 aliphatic carbocycles. The van der Waals surface area contributed by atoms with Gasteiger partial charge in [0.15, 0.2) is 5.82 Å². The number of hydrogen-bond donors (Lipinski definition) is 1. The first-order valence-corrected chi connectivity index (χ1v) is 6.09. The average molecular weight is 285 g/mol. The van der Waals surface area contributed by atoms with Crippen LogP contribution >= 0.6 is 0 Å². The van der Waals surface area contributed by atoms with Crippen LogP contribution in [0.5, 0.6) is 0 Å². The van der Waals surface area contributed by atoms with Crippen molar-refractivity contribution in [3.05, 3.63) is 35.2 Å². The second kappa shape index (κ2) is 5.58. The zero-order valence-electron chi connectivity index (χ0n) is 11.1. The van der Waals surface area contributed by atoms with Gasteiger partial charge in [0.1, 0.15) is 0 Å². The Morgan fingerprint density at radius 3 is 2.70 bits per heavy atom. The van der Waals surface area contributed by atoms with Crippen molar-refractivity contribution in [2.45, 2.75) is 26.6 Å². The second-order valence-electron chi connectivity index (χ2n) is 4.28. The quantitative estimate of drug-likeness (QED) is 0.934. The molecule has 1 aromatic heterocycles. The summed E-state index contributed by atoms with van der Waals surface area (Å²) in [6.07, 6.45) is -4.39. The highest BCUT2D eigenvalue weighted by Gasteiger charge is 2.32. The van der Waals surface area contributed by atoms with E-state index in [4.69, 9.17) is 0 Å². The Balaban J connectivity index is 2.41. The number of halogens is 3. The number of nitrogens with one attached hydrogen (secondary N) is 1. The molecule has 0 saturated heterocycles. The smallest absolute Gasteiger partial charge is 0.310 e. The van der Waals surface area contributed by atoms with Crippen LogP contribution in [0.15, 0.2) is 18.2 Å². The molecule has 0 amide bonds. The van der Waals surface area contributed by atoms with Crippen LogP contribution in [0.3, 0.4) is 0 Å². The molecule has 5 nitrogen and oxygen atoms in total. The molecule has 0 aliphatic rings. The highest BCUT2D eigenvalue weighted by Crippen LogP contribution is 2.33. The summed E-state index contributed by atoms with van der Waals surface area (Å²) in [5, 5.41) is 14.1. The van der Waals surface area contributed by atoms with E-state index in [1.54, 1.807) is 6.07 Å². The van der Waals surface area contributed by atoms with Crippen LogP contribution in [-0.4, -0.2) is 26.8 Å². The lowest BCUT2D eigenvalue weighted by Gasteiger charge is -2.12. The van der Waals surface area contributed by atoms with Crippen LogP contribution in [0.1, 0.15) is 23.9 Å². The highest BCUT2D eigenvalue weighted by atomic mass is 19.4. The summed E-state index contributed by atoms with van der Waals surface area (Å²) >= 11 is 0. The molecule has 20 heavy (non-hydrogen) atoms. The molecule has 0 spiro atoms. The molecule has 1 N–H and O–H groups in total. The number of aromatic nitrogens is 4. The first kappa shape index (κ1) is 14.4. The number of alkyl halides is 3. The van der Waals surface area contributed by atoms with Crippen molar-refractivity contribution in [2.24, 2.45) is 0 Å². The van der Waals surface area contributed by atoms with Crippen molar-refractivity contribution in [3.8, 4) is 5.69 Å². The number of tetrazole rings is 1. The van der Waals surface area contributed by atoms with E-state index in [1.807, 2.05) is 6.92 Å². The molecule has 0 fully saturated rings. The topological polar surface area (TPSA) is 55.6 Å². The normalized spacial score (nSPS) is 11.8. The molecule has 1 heterocycles. The average Bonchev–Trinajstić information content (AvgIpc) is 2.84. The minimum atomic E-state index is -4.39. The van der Waals surface area contributed by atoms with Gasteiger partial charge >= 0.3 is 6.18 Å². The van der Waals surface area contributed by atoms with E-state index in [9.17, 15) is 13.2 Å². The maximum Gasteiger partial charge on any atom is 0.416 e. The maximum atomic E-state index is 12.9. The third kappa shape index (κ3) is 2.96. The second-order valence-corrected chi connectivity index (χ2v) is 4.28. The van der Waals surface area contributed by atoms with E-state index in [2.05, 4.69) is 20.8 Å². The minimum Gasteiger partial charge on any atom is -0.310 e. The van der Waals surface area contributed by atoms with E-state index >= 15 is 0 Å². The van der Waals surface area contributed by atoms with Crippen LogP contribution in [0.4, 0.5) is 13.2 Å². The zero-order valence-corrected chi connectivity index (χ0v) is 11.1. The van der Waals surface area contributed by atoms with Gasteiger partial charge in [0.05, 0.1) is 17.8 Å². The maximum absolute atomic E-state index is 12.9. The van der Waals surface area contributed by atoms with Gasteiger partial charge in [-0.2, -0.15) is 17.9 Å². The van der Waals surface area contributed by atoms with Crippen molar-refractivity contribution in [2.75, 3.05) is 6.54 Å². The van der Waals surface area contributed by atoms with Gasteiger partial charge in [-0.3, -0.25) is 0 Å². The molecular formula is C12H14F3N5. The summed E-state index contributed by atoms with van der Waals surface area (Å²) in [5.41, 5.74) is -0.219. The van der Waals surface area contributed by atoms with Gasteiger partial charge in [-0.05, 0) is 41.6 Å². The molecule has 0 bridgehead atoms. The predicted octanol–water partition coefficient (Wildman–Crippen LogP) is 2.10. The fourth-order valence-corrected chi connectivity index (χ4v) is 1.80. The van der Waals surface area contributed by atoms with Crippen LogP contribution in [-0.2, 0) is 12.7 Å². The van der Waals surface area contributed by atoms with E-state index < -0.39 is 11.7 Å². The molecule has 0 aliphatic heterocycles. The number of nitrogens with zero attached hydrogens (tertiary/aromatic N) is 4. The van der Waals surface area contributed by atoms with Crippen molar-refractivity contribution in [1.29, 1.82) is 0 Å². The number of aryl methyl sites for hydroxylation is 1. The Hall–Kier alpha value is -1.96. The first-order valence-electron chi connectivity index (χ1n) is 6.09.